The second-order valence-corrected chi connectivity index (χ2v) is 4.69. The van der Waals surface area contributed by atoms with E-state index in [9.17, 15) is 5.11 Å². The van der Waals surface area contributed by atoms with Crippen LogP contribution in [0.3, 0.4) is 0 Å². The van der Waals surface area contributed by atoms with Gasteiger partial charge in [0.05, 0.1) is 13.2 Å². The molecule has 0 unspecified atom stereocenters. The van der Waals surface area contributed by atoms with Crippen molar-refractivity contribution >= 4 is 0 Å². The van der Waals surface area contributed by atoms with E-state index in [2.05, 4.69) is 4.90 Å². The van der Waals surface area contributed by atoms with Gasteiger partial charge in [0.2, 0.25) is 0 Å². The number of aryl methyl sites for hydroxylation is 1. The van der Waals surface area contributed by atoms with E-state index in [0.29, 0.717) is 13.2 Å². The molecule has 1 N–H and O–H groups in total. The van der Waals surface area contributed by atoms with Gasteiger partial charge in [0.1, 0.15) is 18.5 Å². The molecular weight excluding hydrogens is 230 g/mol. The Hall–Kier alpha value is -1.10. The number of ether oxygens (including phenoxy) is 2. The third kappa shape index (κ3) is 4.29. The molecule has 4 nitrogen and oxygen atoms in total. The van der Waals surface area contributed by atoms with Gasteiger partial charge in [-0.05, 0) is 24.6 Å². The van der Waals surface area contributed by atoms with Gasteiger partial charge < -0.3 is 14.6 Å². The summed E-state index contributed by atoms with van der Waals surface area (Å²) >= 11 is 0. The number of hydrogen-bond donors (Lipinski definition) is 1. The van der Waals surface area contributed by atoms with Crippen LogP contribution in [0.25, 0.3) is 0 Å². The van der Waals surface area contributed by atoms with Gasteiger partial charge in [-0.3, -0.25) is 4.90 Å². The number of hydrogen-bond acceptors (Lipinski definition) is 4. The number of morpholine rings is 1. The van der Waals surface area contributed by atoms with E-state index in [0.717, 1.165) is 37.6 Å². The quantitative estimate of drug-likeness (QED) is 0.850. The monoisotopic (exact) mass is 251 g/mol. The van der Waals surface area contributed by atoms with Gasteiger partial charge in [-0.2, -0.15) is 0 Å². The minimum absolute atomic E-state index is 0.334. The van der Waals surface area contributed by atoms with Gasteiger partial charge in [-0.15, -0.1) is 0 Å². The van der Waals surface area contributed by atoms with Crippen LogP contribution in [-0.2, 0) is 4.74 Å². The second kappa shape index (κ2) is 6.73. The van der Waals surface area contributed by atoms with Crippen LogP contribution < -0.4 is 4.74 Å². The van der Waals surface area contributed by atoms with Crippen LogP contribution >= 0.6 is 0 Å². The molecule has 18 heavy (non-hydrogen) atoms. The molecule has 0 bridgehead atoms. The highest BCUT2D eigenvalue weighted by Gasteiger charge is 2.15. The van der Waals surface area contributed by atoms with Gasteiger partial charge in [-0.25, -0.2) is 0 Å². The fraction of sp³-hybridized carbons (Fsp3) is 0.571. The molecule has 0 aliphatic carbocycles. The average Bonchev–Trinajstić information content (AvgIpc) is 2.38. The van der Waals surface area contributed by atoms with Crippen molar-refractivity contribution in [3.63, 3.8) is 0 Å². The number of aliphatic hydroxyl groups excluding tert-OH is 1. The lowest BCUT2D eigenvalue weighted by atomic mass is 10.2. The summed E-state index contributed by atoms with van der Waals surface area (Å²) < 4.78 is 10.9. The van der Waals surface area contributed by atoms with Crippen molar-refractivity contribution in [2.75, 3.05) is 39.5 Å². The molecule has 100 valence electrons. The Kier molecular flexibility index (Phi) is 4.99. The van der Waals surface area contributed by atoms with Crippen LogP contribution in [0.15, 0.2) is 24.3 Å². The van der Waals surface area contributed by atoms with Crippen molar-refractivity contribution in [2.24, 2.45) is 0 Å². The predicted molar refractivity (Wildman–Crippen MR) is 69.9 cm³/mol. The molecule has 0 aromatic heterocycles. The third-order valence-corrected chi connectivity index (χ3v) is 3.00. The molecule has 1 atom stereocenters. The predicted octanol–water partition coefficient (Wildman–Crippen LogP) is 1.07. The van der Waals surface area contributed by atoms with E-state index in [1.54, 1.807) is 0 Å². The summed E-state index contributed by atoms with van der Waals surface area (Å²) in [6.07, 6.45) is -0.455. The van der Waals surface area contributed by atoms with Crippen molar-refractivity contribution < 1.29 is 14.6 Å². The topological polar surface area (TPSA) is 41.9 Å². The molecule has 1 heterocycles. The van der Waals surface area contributed by atoms with Crippen molar-refractivity contribution in [3.8, 4) is 5.75 Å². The Morgan fingerprint density at radius 1 is 1.39 bits per heavy atom. The molecule has 1 fully saturated rings. The van der Waals surface area contributed by atoms with Gasteiger partial charge in [-0.1, -0.05) is 12.1 Å². The van der Waals surface area contributed by atoms with Gasteiger partial charge in [0.25, 0.3) is 0 Å². The van der Waals surface area contributed by atoms with E-state index >= 15 is 0 Å². The molecule has 1 aliphatic rings. The molecule has 0 radical (unpaired) electrons. The Balaban J connectivity index is 1.72. The molecule has 0 amide bonds. The van der Waals surface area contributed by atoms with Crippen LogP contribution in [0.4, 0.5) is 0 Å². The fourth-order valence-corrected chi connectivity index (χ4v) is 2.03. The van der Waals surface area contributed by atoms with Crippen molar-refractivity contribution in [2.45, 2.75) is 13.0 Å². The summed E-state index contributed by atoms with van der Waals surface area (Å²) in [6.45, 7) is 6.30. The standard InChI is InChI=1S/C14H21NO3/c1-12-3-2-4-14(9-12)18-11-13(16)10-15-5-7-17-8-6-15/h2-4,9,13,16H,5-8,10-11H2,1H3/t13-/m1/s1. The molecule has 1 aliphatic heterocycles. The second-order valence-electron chi connectivity index (χ2n) is 4.69. The smallest absolute Gasteiger partial charge is 0.119 e. The zero-order chi connectivity index (χ0) is 12.8. The maximum Gasteiger partial charge on any atom is 0.119 e. The highest BCUT2D eigenvalue weighted by molar-refractivity contribution is 5.27. The van der Waals surface area contributed by atoms with Crippen molar-refractivity contribution in [1.29, 1.82) is 0 Å². The fourth-order valence-electron chi connectivity index (χ4n) is 2.03. The highest BCUT2D eigenvalue weighted by Crippen LogP contribution is 2.12. The van der Waals surface area contributed by atoms with Crippen LogP contribution in [0.5, 0.6) is 5.75 Å². The van der Waals surface area contributed by atoms with E-state index in [1.807, 2.05) is 31.2 Å². The Bertz CT molecular complexity index is 364. The highest BCUT2D eigenvalue weighted by atomic mass is 16.5. The number of nitrogens with zero attached hydrogens (tertiary/aromatic N) is 1. The van der Waals surface area contributed by atoms with Crippen LogP contribution in [-0.4, -0.2) is 55.6 Å². The lowest BCUT2D eigenvalue weighted by molar-refractivity contribution is 0.00465. The normalized spacial score (nSPS) is 18.6. The van der Waals surface area contributed by atoms with Crippen molar-refractivity contribution in [3.05, 3.63) is 29.8 Å². The number of β-amino-alcohol motifs (C(OH)–C–C–N with tert-alkyl or cyclic N) is 1. The Morgan fingerprint density at radius 2 is 2.17 bits per heavy atom. The maximum absolute atomic E-state index is 9.92. The summed E-state index contributed by atoms with van der Waals surface area (Å²) in [7, 11) is 0. The first kappa shape index (κ1) is 13.3. The lowest BCUT2D eigenvalue weighted by Crippen LogP contribution is -2.42. The summed E-state index contributed by atoms with van der Waals surface area (Å²) in [6, 6.07) is 7.87. The number of aliphatic hydroxyl groups is 1. The van der Waals surface area contributed by atoms with Gasteiger partial charge in [0.15, 0.2) is 0 Å². The Morgan fingerprint density at radius 3 is 2.89 bits per heavy atom. The Labute approximate surface area is 108 Å². The number of rotatable bonds is 5. The maximum atomic E-state index is 9.92. The first-order valence-electron chi connectivity index (χ1n) is 6.41. The molecule has 0 saturated carbocycles. The number of benzene rings is 1. The molecule has 2 rings (SSSR count). The molecule has 0 spiro atoms. The zero-order valence-electron chi connectivity index (χ0n) is 10.8. The van der Waals surface area contributed by atoms with E-state index in [1.165, 1.54) is 0 Å². The van der Waals surface area contributed by atoms with E-state index in [4.69, 9.17) is 9.47 Å². The average molecular weight is 251 g/mol. The minimum Gasteiger partial charge on any atom is -0.491 e. The van der Waals surface area contributed by atoms with Crippen LogP contribution in [0, 0.1) is 6.92 Å². The van der Waals surface area contributed by atoms with Gasteiger partial charge in [0, 0.05) is 19.6 Å². The SMILES string of the molecule is Cc1cccc(OC[C@H](O)CN2CCOCC2)c1. The first-order chi connectivity index (χ1) is 8.74. The molecule has 1 aromatic carbocycles. The summed E-state index contributed by atoms with van der Waals surface area (Å²) in [5.74, 6) is 0.816. The van der Waals surface area contributed by atoms with Crippen LogP contribution in [0.2, 0.25) is 0 Å². The third-order valence-electron chi connectivity index (χ3n) is 3.00. The molecule has 1 saturated heterocycles. The minimum atomic E-state index is -0.455. The largest absolute Gasteiger partial charge is 0.491 e. The zero-order valence-corrected chi connectivity index (χ0v) is 10.8. The van der Waals surface area contributed by atoms with Crippen molar-refractivity contribution in [1.82, 2.24) is 4.90 Å². The first-order valence-corrected chi connectivity index (χ1v) is 6.41. The lowest BCUT2D eigenvalue weighted by Gasteiger charge is -2.28. The summed E-state index contributed by atoms with van der Waals surface area (Å²) in [5, 5.41) is 9.92. The molecule has 1 aromatic rings. The molecular formula is C14H21NO3. The van der Waals surface area contributed by atoms with Gasteiger partial charge >= 0.3 is 0 Å². The van der Waals surface area contributed by atoms with E-state index in [-0.39, 0.29) is 0 Å². The summed E-state index contributed by atoms with van der Waals surface area (Å²) in [5.41, 5.74) is 1.16. The summed E-state index contributed by atoms with van der Waals surface area (Å²) in [4.78, 5) is 2.20. The van der Waals surface area contributed by atoms with E-state index < -0.39 is 6.10 Å². The molecule has 4 heteroatoms. The van der Waals surface area contributed by atoms with Crippen LogP contribution in [0.1, 0.15) is 5.56 Å².